The highest BCUT2D eigenvalue weighted by Gasteiger charge is 2.06. The Kier molecular flexibility index (Phi) is 6.08. The number of aliphatic hydroxyl groups excluding tert-OH is 2. The largest absolute Gasteiger partial charge is 0.393 e. The van der Waals surface area contributed by atoms with Gasteiger partial charge in [-0.15, -0.1) is 0 Å². The van der Waals surface area contributed by atoms with Crippen LogP contribution >= 0.6 is 0 Å². The van der Waals surface area contributed by atoms with Gasteiger partial charge in [0.2, 0.25) is 0 Å². The second kappa shape index (κ2) is 7.39. The summed E-state index contributed by atoms with van der Waals surface area (Å²) in [5.74, 6) is 0. The fourth-order valence-electron chi connectivity index (χ4n) is 1.40. The molecule has 2 atom stereocenters. The fourth-order valence-corrected chi connectivity index (χ4v) is 1.40. The average Bonchev–Trinajstić information content (AvgIpc) is 2.28. The van der Waals surface area contributed by atoms with Crippen molar-refractivity contribution in [1.29, 1.82) is 0 Å². The molecule has 1 rings (SSSR count). The van der Waals surface area contributed by atoms with Gasteiger partial charge in [-0.1, -0.05) is 30.3 Å². The van der Waals surface area contributed by atoms with E-state index in [2.05, 4.69) is 0 Å². The summed E-state index contributed by atoms with van der Waals surface area (Å²) in [5, 5.41) is 18.6. The predicted octanol–water partition coefficient (Wildman–Crippen LogP) is 1.73. The van der Waals surface area contributed by atoms with Gasteiger partial charge >= 0.3 is 0 Å². The van der Waals surface area contributed by atoms with Gasteiger partial charge in [0, 0.05) is 0 Å². The molecule has 1 aromatic rings. The van der Waals surface area contributed by atoms with Gasteiger partial charge < -0.3 is 14.9 Å². The highest BCUT2D eigenvalue weighted by Crippen LogP contribution is 2.04. The summed E-state index contributed by atoms with van der Waals surface area (Å²) in [4.78, 5) is 0. The van der Waals surface area contributed by atoms with Crippen LogP contribution in [0.25, 0.3) is 0 Å². The number of benzene rings is 1. The summed E-state index contributed by atoms with van der Waals surface area (Å²) < 4.78 is 5.38. The summed E-state index contributed by atoms with van der Waals surface area (Å²) >= 11 is 0. The zero-order chi connectivity index (χ0) is 11.8. The van der Waals surface area contributed by atoms with Crippen LogP contribution in [0.3, 0.4) is 0 Å². The molecular formula is C13H20O3. The molecule has 16 heavy (non-hydrogen) atoms. The number of aliphatic hydroxyl groups is 2. The van der Waals surface area contributed by atoms with E-state index in [0.29, 0.717) is 26.1 Å². The van der Waals surface area contributed by atoms with Gasteiger partial charge in [0.15, 0.2) is 0 Å². The van der Waals surface area contributed by atoms with E-state index in [1.54, 1.807) is 6.92 Å². The molecule has 3 heteroatoms. The standard InChI is InChI=1S/C13H20O3/c1-11(14)7-8-13(15)10-16-9-12-5-3-2-4-6-12/h2-6,11,13-15H,7-10H2,1H3. The third-order valence-corrected chi connectivity index (χ3v) is 2.34. The molecule has 2 N–H and O–H groups in total. The summed E-state index contributed by atoms with van der Waals surface area (Å²) in [6.45, 7) is 2.56. The molecule has 0 saturated carbocycles. The molecule has 90 valence electrons. The zero-order valence-electron chi connectivity index (χ0n) is 9.67. The van der Waals surface area contributed by atoms with Crippen molar-refractivity contribution < 1.29 is 14.9 Å². The Bertz CT molecular complexity index is 272. The highest BCUT2D eigenvalue weighted by molar-refractivity contribution is 5.13. The first kappa shape index (κ1) is 13.2. The number of rotatable bonds is 7. The summed E-state index contributed by atoms with van der Waals surface area (Å²) in [7, 11) is 0. The lowest BCUT2D eigenvalue weighted by Gasteiger charge is -2.12. The van der Waals surface area contributed by atoms with Crippen molar-refractivity contribution in [3.8, 4) is 0 Å². The van der Waals surface area contributed by atoms with E-state index >= 15 is 0 Å². The quantitative estimate of drug-likeness (QED) is 0.741. The van der Waals surface area contributed by atoms with Crippen molar-refractivity contribution in [2.45, 2.75) is 38.6 Å². The van der Waals surface area contributed by atoms with E-state index in [9.17, 15) is 5.11 Å². The highest BCUT2D eigenvalue weighted by atomic mass is 16.5. The molecule has 0 aliphatic heterocycles. The summed E-state index contributed by atoms with van der Waals surface area (Å²) in [6, 6.07) is 9.86. The molecule has 0 radical (unpaired) electrons. The smallest absolute Gasteiger partial charge is 0.0774 e. The Balaban J connectivity index is 2.11. The lowest BCUT2D eigenvalue weighted by Crippen LogP contribution is -2.17. The molecule has 0 amide bonds. The molecule has 3 nitrogen and oxygen atoms in total. The fraction of sp³-hybridized carbons (Fsp3) is 0.538. The average molecular weight is 224 g/mol. The second-order valence-electron chi connectivity index (χ2n) is 4.08. The van der Waals surface area contributed by atoms with Gasteiger partial charge in [-0.2, -0.15) is 0 Å². The Labute approximate surface area is 96.7 Å². The number of hydrogen-bond donors (Lipinski definition) is 2. The monoisotopic (exact) mass is 224 g/mol. The van der Waals surface area contributed by atoms with E-state index in [1.807, 2.05) is 30.3 Å². The van der Waals surface area contributed by atoms with Crippen LogP contribution in [-0.2, 0) is 11.3 Å². The van der Waals surface area contributed by atoms with Crippen LogP contribution in [0.5, 0.6) is 0 Å². The first-order valence-corrected chi connectivity index (χ1v) is 5.66. The first-order chi connectivity index (χ1) is 7.68. The number of ether oxygens (including phenoxy) is 1. The predicted molar refractivity (Wildman–Crippen MR) is 63.0 cm³/mol. The molecule has 0 fully saturated rings. The third kappa shape index (κ3) is 5.85. The molecule has 0 heterocycles. The van der Waals surface area contributed by atoms with E-state index in [1.165, 1.54) is 0 Å². The zero-order valence-corrected chi connectivity index (χ0v) is 9.67. The SMILES string of the molecule is CC(O)CCC(O)COCc1ccccc1. The van der Waals surface area contributed by atoms with Crippen LogP contribution < -0.4 is 0 Å². The van der Waals surface area contributed by atoms with Crippen molar-refractivity contribution in [2.75, 3.05) is 6.61 Å². The van der Waals surface area contributed by atoms with Gasteiger partial charge in [0.25, 0.3) is 0 Å². The third-order valence-electron chi connectivity index (χ3n) is 2.34. The minimum Gasteiger partial charge on any atom is -0.393 e. The minimum absolute atomic E-state index is 0.321. The normalized spacial score (nSPS) is 14.7. The van der Waals surface area contributed by atoms with Crippen molar-refractivity contribution in [2.24, 2.45) is 0 Å². The maximum absolute atomic E-state index is 9.54. The molecule has 0 aromatic heterocycles. The Morgan fingerprint density at radius 1 is 1.12 bits per heavy atom. The van der Waals surface area contributed by atoms with Crippen LogP contribution in [0, 0.1) is 0 Å². The van der Waals surface area contributed by atoms with Crippen molar-refractivity contribution in [3.63, 3.8) is 0 Å². The van der Waals surface area contributed by atoms with Crippen molar-refractivity contribution in [1.82, 2.24) is 0 Å². The van der Waals surface area contributed by atoms with Crippen LogP contribution in [0.2, 0.25) is 0 Å². The second-order valence-corrected chi connectivity index (χ2v) is 4.08. The minimum atomic E-state index is -0.488. The topological polar surface area (TPSA) is 49.7 Å². The van der Waals surface area contributed by atoms with Gasteiger partial charge in [-0.05, 0) is 25.3 Å². The van der Waals surface area contributed by atoms with Crippen molar-refractivity contribution in [3.05, 3.63) is 35.9 Å². The lowest BCUT2D eigenvalue weighted by atomic mass is 10.1. The van der Waals surface area contributed by atoms with Gasteiger partial charge in [0.1, 0.15) is 0 Å². The van der Waals surface area contributed by atoms with Crippen LogP contribution in [0.4, 0.5) is 0 Å². The maximum Gasteiger partial charge on any atom is 0.0774 e. The van der Waals surface area contributed by atoms with Gasteiger partial charge in [-0.25, -0.2) is 0 Å². The Morgan fingerprint density at radius 2 is 1.81 bits per heavy atom. The number of hydrogen-bond acceptors (Lipinski definition) is 3. The van der Waals surface area contributed by atoms with E-state index < -0.39 is 6.10 Å². The molecule has 0 bridgehead atoms. The molecule has 0 aliphatic rings. The molecule has 0 saturated heterocycles. The first-order valence-electron chi connectivity index (χ1n) is 5.66. The molecule has 0 aliphatic carbocycles. The van der Waals surface area contributed by atoms with Crippen LogP contribution in [-0.4, -0.2) is 29.0 Å². The molecule has 2 unspecified atom stereocenters. The Morgan fingerprint density at radius 3 is 2.44 bits per heavy atom. The van der Waals surface area contributed by atoms with Crippen LogP contribution in [0.15, 0.2) is 30.3 Å². The molecule has 1 aromatic carbocycles. The van der Waals surface area contributed by atoms with E-state index in [0.717, 1.165) is 5.56 Å². The summed E-state index contributed by atoms with van der Waals surface area (Å²) in [6.07, 6.45) is 0.338. The van der Waals surface area contributed by atoms with Gasteiger partial charge in [0.05, 0.1) is 25.4 Å². The molecular weight excluding hydrogens is 204 g/mol. The maximum atomic E-state index is 9.54. The van der Waals surface area contributed by atoms with E-state index in [4.69, 9.17) is 9.84 Å². The summed E-state index contributed by atoms with van der Waals surface area (Å²) in [5.41, 5.74) is 1.10. The lowest BCUT2D eigenvalue weighted by molar-refractivity contribution is 0.0178. The Hall–Kier alpha value is -0.900. The van der Waals surface area contributed by atoms with Crippen LogP contribution in [0.1, 0.15) is 25.3 Å². The van der Waals surface area contributed by atoms with Gasteiger partial charge in [-0.3, -0.25) is 0 Å². The van der Waals surface area contributed by atoms with E-state index in [-0.39, 0.29) is 6.10 Å². The van der Waals surface area contributed by atoms with Crippen molar-refractivity contribution >= 4 is 0 Å². The molecule has 0 spiro atoms.